The van der Waals surface area contributed by atoms with Gasteiger partial charge in [-0.25, -0.2) is 0 Å². The Balaban J connectivity index is 1.51. The van der Waals surface area contributed by atoms with Crippen LogP contribution >= 0.6 is 0 Å². The number of esters is 1. The smallest absolute Gasteiger partial charge is 0.323 e. The van der Waals surface area contributed by atoms with Gasteiger partial charge in [0.25, 0.3) is 5.91 Å². The van der Waals surface area contributed by atoms with Crippen LogP contribution in [0.1, 0.15) is 31.9 Å². The Morgan fingerprint density at radius 1 is 0.912 bits per heavy atom. The van der Waals surface area contributed by atoms with E-state index in [1.807, 2.05) is 87.5 Å². The Kier molecular flexibility index (Phi) is 7.13. The second-order valence-corrected chi connectivity index (χ2v) is 9.62. The van der Waals surface area contributed by atoms with Gasteiger partial charge in [-0.1, -0.05) is 92.7 Å². The van der Waals surface area contributed by atoms with Crippen LogP contribution in [-0.2, 0) is 27.4 Å². The number of nitrogens with zero attached hydrogens (tertiary/aromatic N) is 2. The summed E-state index contributed by atoms with van der Waals surface area (Å²) in [6.45, 7) is 7.51. The van der Waals surface area contributed by atoms with Gasteiger partial charge >= 0.3 is 5.97 Å². The first-order valence-electron chi connectivity index (χ1n) is 11.7. The fourth-order valence-corrected chi connectivity index (χ4v) is 4.41. The largest absolute Gasteiger partial charge is 0.450 e. The van der Waals surface area contributed by atoms with E-state index in [0.717, 1.165) is 16.8 Å². The maximum absolute atomic E-state index is 13.4. The van der Waals surface area contributed by atoms with Gasteiger partial charge in [0.05, 0.1) is 0 Å². The number of carbonyl (C=O) groups excluding carboxylic acids is 2. The predicted molar refractivity (Wildman–Crippen MR) is 134 cm³/mol. The van der Waals surface area contributed by atoms with Crippen LogP contribution in [0.3, 0.4) is 0 Å². The summed E-state index contributed by atoms with van der Waals surface area (Å²) in [5.74, 6) is -0.553. The third-order valence-electron chi connectivity index (χ3n) is 6.41. The molecule has 0 unspecified atom stereocenters. The summed E-state index contributed by atoms with van der Waals surface area (Å²) < 4.78 is 5.94. The average Bonchev–Trinajstić information content (AvgIpc) is 3.08. The highest BCUT2D eigenvalue weighted by Crippen LogP contribution is 2.36. The van der Waals surface area contributed by atoms with Crippen LogP contribution < -0.4 is 4.90 Å². The molecule has 5 nitrogen and oxygen atoms in total. The van der Waals surface area contributed by atoms with E-state index >= 15 is 0 Å². The standard InChI is InChI=1S/C29H32N2O3/c1-22(30(19-23-13-7-4-8-14-23)20-24-15-9-5-10-16-24)28(33)34-26-27(32)31(21-29(26,2)3)25-17-11-6-12-18-25/h4-18,22,26H,19-21H2,1-3H3/t22-,26-/m0/s1. The number of para-hydroxylation sites is 1. The van der Waals surface area contributed by atoms with Gasteiger partial charge < -0.3 is 9.64 Å². The van der Waals surface area contributed by atoms with Crippen LogP contribution in [-0.4, -0.2) is 35.5 Å². The lowest BCUT2D eigenvalue weighted by atomic mass is 9.89. The molecule has 2 atom stereocenters. The summed E-state index contributed by atoms with van der Waals surface area (Å²) in [5, 5.41) is 0. The van der Waals surface area contributed by atoms with E-state index in [1.165, 1.54) is 0 Å². The molecule has 0 bridgehead atoms. The second-order valence-electron chi connectivity index (χ2n) is 9.62. The Bertz CT molecular complexity index is 1060. The molecular weight excluding hydrogens is 424 g/mol. The summed E-state index contributed by atoms with van der Waals surface area (Å²) in [4.78, 5) is 30.4. The van der Waals surface area contributed by atoms with Crippen molar-refractivity contribution in [1.29, 1.82) is 0 Å². The van der Waals surface area contributed by atoms with Crippen LogP contribution in [0, 0.1) is 5.41 Å². The lowest BCUT2D eigenvalue weighted by Gasteiger charge is -2.30. The molecule has 34 heavy (non-hydrogen) atoms. The molecule has 1 heterocycles. The number of carbonyl (C=O) groups is 2. The van der Waals surface area contributed by atoms with Gasteiger partial charge in [-0.2, -0.15) is 0 Å². The molecule has 1 saturated heterocycles. The van der Waals surface area contributed by atoms with Crippen molar-refractivity contribution in [2.24, 2.45) is 5.41 Å². The van der Waals surface area contributed by atoms with Crippen molar-refractivity contribution in [3.63, 3.8) is 0 Å². The number of benzene rings is 3. The first-order valence-corrected chi connectivity index (χ1v) is 11.7. The van der Waals surface area contributed by atoms with Crippen LogP contribution in [0.5, 0.6) is 0 Å². The summed E-state index contributed by atoms with van der Waals surface area (Å²) >= 11 is 0. The molecule has 3 aromatic rings. The maximum atomic E-state index is 13.4. The van der Waals surface area contributed by atoms with Gasteiger partial charge in [0, 0.05) is 30.7 Å². The zero-order valence-electron chi connectivity index (χ0n) is 20.1. The van der Waals surface area contributed by atoms with Gasteiger partial charge in [0.15, 0.2) is 6.10 Å². The third-order valence-corrected chi connectivity index (χ3v) is 6.41. The van der Waals surface area contributed by atoms with Crippen LogP contribution in [0.4, 0.5) is 5.69 Å². The highest BCUT2D eigenvalue weighted by atomic mass is 16.6. The molecule has 0 aromatic heterocycles. The van der Waals surface area contributed by atoms with E-state index in [1.54, 1.807) is 4.90 Å². The molecule has 0 radical (unpaired) electrons. The first kappa shape index (κ1) is 23.7. The van der Waals surface area contributed by atoms with E-state index in [-0.39, 0.29) is 11.9 Å². The molecule has 5 heteroatoms. The van der Waals surface area contributed by atoms with Crippen molar-refractivity contribution < 1.29 is 14.3 Å². The number of anilines is 1. The van der Waals surface area contributed by atoms with Crippen molar-refractivity contribution in [1.82, 2.24) is 4.90 Å². The second kappa shape index (κ2) is 10.2. The third kappa shape index (κ3) is 5.37. The zero-order chi connectivity index (χ0) is 24.1. The van der Waals surface area contributed by atoms with E-state index in [2.05, 4.69) is 29.2 Å². The maximum Gasteiger partial charge on any atom is 0.323 e. The summed E-state index contributed by atoms with van der Waals surface area (Å²) in [6.07, 6.45) is -0.821. The summed E-state index contributed by atoms with van der Waals surface area (Å²) in [5.41, 5.74) is 2.56. The van der Waals surface area contributed by atoms with E-state index in [4.69, 9.17) is 4.74 Å². The van der Waals surface area contributed by atoms with Gasteiger partial charge in [-0.15, -0.1) is 0 Å². The molecule has 3 aromatic carbocycles. The Morgan fingerprint density at radius 2 is 1.38 bits per heavy atom. The molecule has 0 aliphatic carbocycles. The fraction of sp³-hybridized carbons (Fsp3) is 0.310. The predicted octanol–water partition coefficient (Wildman–Crippen LogP) is 5.06. The lowest BCUT2D eigenvalue weighted by Crippen LogP contribution is -2.44. The van der Waals surface area contributed by atoms with Crippen molar-refractivity contribution in [3.8, 4) is 0 Å². The number of ether oxygens (including phenoxy) is 1. The molecule has 176 valence electrons. The molecule has 1 aliphatic rings. The highest BCUT2D eigenvalue weighted by Gasteiger charge is 2.49. The monoisotopic (exact) mass is 456 g/mol. The minimum absolute atomic E-state index is 0.172. The van der Waals surface area contributed by atoms with E-state index in [0.29, 0.717) is 19.6 Å². The molecule has 1 fully saturated rings. The molecule has 0 N–H and O–H groups in total. The van der Waals surface area contributed by atoms with Crippen molar-refractivity contribution in [3.05, 3.63) is 102 Å². The van der Waals surface area contributed by atoms with Crippen molar-refractivity contribution >= 4 is 17.6 Å². The highest BCUT2D eigenvalue weighted by molar-refractivity contribution is 6.01. The van der Waals surface area contributed by atoms with E-state index < -0.39 is 17.6 Å². The molecule has 0 saturated carbocycles. The summed E-state index contributed by atoms with van der Waals surface area (Å²) in [6, 6.07) is 29.2. The van der Waals surface area contributed by atoms with Gasteiger partial charge in [0.1, 0.15) is 6.04 Å². The molecule has 4 rings (SSSR count). The van der Waals surface area contributed by atoms with Gasteiger partial charge in [0.2, 0.25) is 0 Å². The molecule has 1 aliphatic heterocycles. The number of hydrogen-bond acceptors (Lipinski definition) is 4. The Labute approximate surface area is 202 Å². The first-order chi connectivity index (χ1) is 16.3. The van der Waals surface area contributed by atoms with E-state index in [9.17, 15) is 9.59 Å². The topological polar surface area (TPSA) is 49.9 Å². The summed E-state index contributed by atoms with van der Waals surface area (Å²) in [7, 11) is 0. The van der Waals surface area contributed by atoms with Crippen LogP contribution in [0.2, 0.25) is 0 Å². The quantitative estimate of drug-likeness (QED) is 0.445. The Morgan fingerprint density at radius 3 is 1.88 bits per heavy atom. The SMILES string of the molecule is C[C@@H](C(=O)O[C@H]1C(=O)N(c2ccccc2)CC1(C)C)N(Cc1ccccc1)Cc1ccccc1. The molecule has 0 spiro atoms. The zero-order valence-corrected chi connectivity index (χ0v) is 20.1. The lowest BCUT2D eigenvalue weighted by molar-refractivity contribution is -0.163. The number of hydrogen-bond donors (Lipinski definition) is 0. The minimum Gasteiger partial charge on any atom is -0.450 e. The van der Waals surface area contributed by atoms with Crippen LogP contribution in [0.15, 0.2) is 91.0 Å². The average molecular weight is 457 g/mol. The van der Waals surface area contributed by atoms with Gasteiger partial charge in [-0.05, 0) is 30.2 Å². The number of rotatable bonds is 8. The van der Waals surface area contributed by atoms with Gasteiger partial charge in [-0.3, -0.25) is 14.5 Å². The minimum atomic E-state index is -0.821. The normalized spacial score (nSPS) is 18.2. The number of amides is 1. The van der Waals surface area contributed by atoms with Crippen molar-refractivity contribution in [2.75, 3.05) is 11.4 Å². The van der Waals surface area contributed by atoms with Crippen LogP contribution in [0.25, 0.3) is 0 Å². The molecule has 1 amide bonds. The Hall–Kier alpha value is -3.44. The molecular formula is C29H32N2O3. The fourth-order valence-electron chi connectivity index (χ4n) is 4.41. The van der Waals surface area contributed by atoms with Crippen molar-refractivity contribution in [2.45, 2.75) is 46.0 Å².